The molecule has 2 aromatic carbocycles. The molecule has 0 amide bonds. The lowest BCUT2D eigenvalue weighted by Crippen LogP contribution is -2.04. The minimum atomic E-state index is 0.144. The van der Waals surface area contributed by atoms with E-state index in [0.717, 1.165) is 5.56 Å². The van der Waals surface area contributed by atoms with Gasteiger partial charge in [0.2, 0.25) is 0 Å². The molecule has 98 valence electrons. The van der Waals surface area contributed by atoms with Crippen LogP contribution in [0, 0.1) is 0 Å². The highest BCUT2D eigenvalue weighted by atomic mass is 16.5. The van der Waals surface area contributed by atoms with E-state index < -0.39 is 0 Å². The fourth-order valence-electron chi connectivity index (χ4n) is 1.80. The van der Waals surface area contributed by atoms with Crippen molar-refractivity contribution in [3.63, 3.8) is 0 Å². The van der Waals surface area contributed by atoms with Crippen LogP contribution in [0.1, 0.15) is 23.2 Å². The first-order valence-electron chi connectivity index (χ1n) is 6.33. The maximum atomic E-state index is 11.8. The van der Waals surface area contributed by atoms with Crippen molar-refractivity contribution in [2.45, 2.75) is 12.8 Å². The van der Waals surface area contributed by atoms with Crippen LogP contribution in [0.5, 0.6) is 5.75 Å². The van der Waals surface area contributed by atoms with Gasteiger partial charge in [-0.3, -0.25) is 4.79 Å². The van der Waals surface area contributed by atoms with E-state index in [1.807, 2.05) is 48.5 Å². The summed E-state index contributed by atoms with van der Waals surface area (Å²) in [5, 5.41) is 0. The van der Waals surface area contributed by atoms with Gasteiger partial charge in [-0.1, -0.05) is 42.5 Å². The SMILES string of the molecule is Nc1ccccc1OCCCC(=O)c1ccccc1. The summed E-state index contributed by atoms with van der Waals surface area (Å²) >= 11 is 0. The molecule has 0 atom stereocenters. The first-order chi connectivity index (χ1) is 9.27. The van der Waals surface area contributed by atoms with E-state index in [4.69, 9.17) is 10.5 Å². The Labute approximate surface area is 113 Å². The Morgan fingerprint density at radius 2 is 1.68 bits per heavy atom. The first-order valence-corrected chi connectivity index (χ1v) is 6.33. The number of nitrogens with two attached hydrogens (primary N) is 1. The molecular formula is C16H17NO2. The number of carbonyl (C=O) groups is 1. The van der Waals surface area contributed by atoms with Gasteiger partial charge in [0.15, 0.2) is 5.78 Å². The molecule has 0 bridgehead atoms. The number of hydrogen-bond acceptors (Lipinski definition) is 3. The van der Waals surface area contributed by atoms with Gasteiger partial charge in [0.25, 0.3) is 0 Å². The Balaban J connectivity index is 1.76. The molecule has 0 radical (unpaired) electrons. The van der Waals surface area contributed by atoms with E-state index in [1.165, 1.54) is 0 Å². The standard InChI is InChI=1S/C16H17NO2/c17-14-9-4-5-11-16(14)19-12-6-10-15(18)13-7-2-1-3-8-13/h1-5,7-9,11H,6,10,12,17H2. The van der Waals surface area contributed by atoms with Crippen molar-refractivity contribution in [1.82, 2.24) is 0 Å². The average Bonchev–Trinajstić information content (AvgIpc) is 2.46. The zero-order valence-electron chi connectivity index (χ0n) is 10.7. The van der Waals surface area contributed by atoms with Crippen molar-refractivity contribution >= 4 is 11.5 Å². The smallest absolute Gasteiger partial charge is 0.163 e. The summed E-state index contributed by atoms with van der Waals surface area (Å²) in [5.74, 6) is 0.819. The van der Waals surface area contributed by atoms with Gasteiger partial charge < -0.3 is 10.5 Å². The summed E-state index contributed by atoms with van der Waals surface area (Å²) in [6, 6.07) is 16.7. The van der Waals surface area contributed by atoms with Crippen LogP contribution in [-0.2, 0) is 0 Å². The van der Waals surface area contributed by atoms with E-state index in [0.29, 0.717) is 30.9 Å². The molecule has 2 aromatic rings. The van der Waals surface area contributed by atoms with Crippen molar-refractivity contribution in [3.05, 3.63) is 60.2 Å². The molecule has 0 fully saturated rings. The molecule has 3 heteroatoms. The number of para-hydroxylation sites is 2. The number of hydrogen-bond donors (Lipinski definition) is 1. The molecule has 3 nitrogen and oxygen atoms in total. The number of nitrogen functional groups attached to an aromatic ring is 1. The van der Waals surface area contributed by atoms with Gasteiger partial charge >= 0.3 is 0 Å². The molecule has 0 aliphatic carbocycles. The highest BCUT2D eigenvalue weighted by Crippen LogP contribution is 2.20. The van der Waals surface area contributed by atoms with E-state index >= 15 is 0 Å². The van der Waals surface area contributed by atoms with Crippen molar-refractivity contribution in [3.8, 4) is 5.75 Å². The monoisotopic (exact) mass is 255 g/mol. The second-order valence-electron chi connectivity index (χ2n) is 4.28. The third-order valence-corrected chi connectivity index (χ3v) is 2.82. The summed E-state index contributed by atoms with van der Waals surface area (Å²) in [5.41, 5.74) is 7.14. The van der Waals surface area contributed by atoms with Gasteiger partial charge in [0, 0.05) is 12.0 Å². The van der Waals surface area contributed by atoms with Gasteiger partial charge in [-0.25, -0.2) is 0 Å². The van der Waals surface area contributed by atoms with E-state index in [2.05, 4.69) is 0 Å². The van der Waals surface area contributed by atoms with Crippen LogP contribution < -0.4 is 10.5 Å². The predicted molar refractivity (Wildman–Crippen MR) is 76.4 cm³/mol. The molecule has 0 aliphatic heterocycles. The molecular weight excluding hydrogens is 238 g/mol. The van der Waals surface area contributed by atoms with Crippen molar-refractivity contribution < 1.29 is 9.53 Å². The molecule has 0 aliphatic rings. The Morgan fingerprint density at radius 3 is 2.42 bits per heavy atom. The van der Waals surface area contributed by atoms with Crippen molar-refractivity contribution in [2.75, 3.05) is 12.3 Å². The minimum Gasteiger partial charge on any atom is -0.491 e. The summed E-state index contributed by atoms with van der Waals surface area (Å²) in [6.45, 7) is 0.493. The molecule has 2 N–H and O–H groups in total. The number of rotatable bonds is 6. The largest absolute Gasteiger partial charge is 0.491 e. The van der Waals surface area contributed by atoms with Crippen LogP contribution in [0.4, 0.5) is 5.69 Å². The zero-order valence-corrected chi connectivity index (χ0v) is 10.7. The van der Waals surface area contributed by atoms with Crippen LogP contribution in [0.15, 0.2) is 54.6 Å². The molecule has 2 rings (SSSR count). The number of anilines is 1. The normalized spacial score (nSPS) is 10.1. The molecule has 0 heterocycles. The molecule has 19 heavy (non-hydrogen) atoms. The third kappa shape index (κ3) is 3.85. The van der Waals surface area contributed by atoms with Gasteiger partial charge in [-0.05, 0) is 18.6 Å². The second kappa shape index (κ2) is 6.59. The van der Waals surface area contributed by atoms with Crippen LogP contribution in [-0.4, -0.2) is 12.4 Å². The molecule has 0 aromatic heterocycles. The summed E-state index contributed by atoms with van der Waals surface area (Å²) in [4.78, 5) is 11.8. The maximum absolute atomic E-state index is 11.8. The summed E-state index contributed by atoms with van der Waals surface area (Å²) < 4.78 is 5.55. The van der Waals surface area contributed by atoms with Crippen LogP contribution in [0.25, 0.3) is 0 Å². The topological polar surface area (TPSA) is 52.3 Å². The first kappa shape index (κ1) is 13.1. The highest BCUT2D eigenvalue weighted by Gasteiger charge is 2.05. The van der Waals surface area contributed by atoms with Crippen molar-refractivity contribution in [2.24, 2.45) is 0 Å². The molecule has 0 spiro atoms. The third-order valence-electron chi connectivity index (χ3n) is 2.82. The second-order valence-corrected chi connectivity index (χ2v) is 4.28. The summed E-state index contributed by atoms with van der Waals surface area (Å²) in [6.07, 6.45) is 1.17. The number of ether oxygens (including phenoxy) is 1. The Morgan fingerprint density at radius 1 is 1.00 bits per heavy atom. The molecule has 0 saturated heterocycles. The highest BCUT2D eigenvalue weighted by molar-refractivity contribution is 5.95. The minimum absolute atomic E-state index is 0.144. The Kier molecular flexibility index (Phi) is 4.56. The lowest BCUT2D eigenvalue weighted by molar-refractivity contribution is 0.0973. The van der Waals surface area contributed by atoms with Gasteiger partial charge in [-0.15, -0.1) is 0 Å². The number of Topliss-reactive ketones (excluding diaryl/α,β-unsaturated/α-hetero) is 1. The summed E-state index contributed by atoms with van der Waals surface area (Å²) in [7, 11) is 0. The van der Waals surface area contributed by atoms with Crippen LogP contribution in [0.3, 0.4) is 0 Å². The van der Waals surface area contributed by atoms with Gasteiger partial charge in [-0.2, -0.15) is 0 Å². The number of benzene rings is 2. The quantitative estimate of drug-likeness (QED) is 0.489. The Bertz CT molecular complexity index is 537. The van der Waals surface area contributed by atoms with E-state index in [9.17, 15) is 4.79 Å². The van der Waals surface area contributed by atoms with Crippen LogP contribution in [0.2, 0.25) is 0 Å². The van der Waals surface area contributed by atoms with E-state index in [1.54, 1.807) is 6.07 Å². The number of ketones is 1. The molecule has 0 unspecified atom stereocenters. The average molecular weight is 255 g/mol. The lowest BCUT2D eigenvalue weighted by atomic mass is 10.1. The number of carbonyl (C=O) groups excluding carboxylic acids is 1. The fourth-order valence-corrected chi connectivity index (χ4v) is 1.80. The lowest BCUT2D eigenvalue weighted by Gasteiger charge is -2.08. The fraction of sp³-hybridized carbons (Fsp3) is 0.188. The Hall–Kier alpha value is -2.29. The van der Waals surface area contributed by atoms with Gasteiger partial charge in [0.1, 0.15) is 5.75 Å². The van der Waals surface area contributed by atoms with E-state index in [-0.39, 0.29) is 5.78 Å². The predicted octanol–water partition coefficient (Wildman–Crippen LogP) is 3.31. The van der Waals surface area contributed by atoms with Gasteiger partial charge in [0.05, 0.1) is 12.3 Å². The molecule has 0 saturated carbocycles. The van der Waals surface area contributed by atoms with Crippen molar-refractivity contribution in [1.29, 1.82) is 0 Å². The van der Waals surface area contributed by atoms with Crippen LogP contribution >= 0.6 is 0 Å². The zero-order chi connectivity index (χ0) is 13.5. The maximum Gasteiger partial charge on any atom is 0.163 e.